The molecule has 0 spiro atoms. The number of amides is 2. The number of halogens is 1. The zero-order valence-electron chi connectivity index (χ0n) is 10.2. The zero-order chi connectivity index (χ0) is 12.6. The number of nitrogens with one attached hydrogen (secondary N) is 2. The van der Waals surface area contributed by atoms with E-state index in [1.807, 2.05) is 20.8 Å². The molecule has 0 aliphatic carbocycles. The maximum atomic E-state index is 11.4. The van der Waals surface area contributed by atoms with E-state index >= 15 is 0 Å². The van der Waals surface area contributed by atoms with Gasteiger partial charge in [-0.2, -0.15) is 0 Å². The molecule has 0 aromatic heterocycles. The Hall–Kier alpha value is -0.580. The number of alkyl halides is 1. The summed E-state index contributed by atoms with van der Waals surface area (Å²) in [4.78, 5) is 22.5. The molecule has 0 fully saturated rings. The molecule has 0 bridgehead atoms. The van der Waals surface area contributed by atoms with Crippen LogP contribution < -0.4 is 10.6 Å². The van der Waals surface area contributed by atoms with Gasteiger partial charge in [0.2, 0.25) is 11.8 Å². The minimum Gasteiger partial charge on any atom is -0.355 e. The molecule has 0 radical (unpaired) electrons. The van der Waals surface area contributed by atoms with Gasteiger partial charge < -0.3 is 10.6 Å². The quantitative estimate of drug-likeness (QED) is 0.700. The summed E-state index contributed by atoms with van der Waals surface area (Å²) >= 11 is 3.25. The van der Waals surface area contributed by atoms with Gasteiger partial charge in [-0.3, -0.25) is 9.59 Å². The third kappa shape index (κ3) is 6.82. The molecular formula is C11H21BrN2O2. The van der Waals surface area contributed by atoms with E-state index in [0.717, 1.165) is 12.8 Å². The van der Waals surface area contributed by atoms with Crippen LogP contribution in [-0.2, 0) is 9.59 Å². The average Bonchev–Trinajstić information content (AvgIpc) is 2.27. The smallest absolute Gasteiger partial charge is 0.233 e. The molecular weight excluding hydrogens is 272 g/mol. The van der Waals surface area contributed by atoms with E-state index in [0.29, 0.717) is 13.0 Å². The van der Waals surface area contributed by atoms with Gasteiger partial charge in [0.1, 0.15) is 0 Å². The molecule has 0 heterocycles. The molecule has 94 valence electrons. The highest BCUT2D eigenvalue weighted by molar-refractivity contribution is 9.10. The molecule has 0 aliphatic rings. The number of carbonyl (C=O) groups excluding carboxylic acids is 2. The predicted octanol–water partition coefficient (Wildman–Crippen LogP) is 1.58. The van der Waals surface area contributed by atoms with E-state index in [-0.39, 0.29) is 22.7 Å². The van der Waals surface area contributed by atoms with Gasteiger partial charge in [0, 0.05) is 19.0 Å². The molecule has 16 heavy (non-hydrogen) atoms. The summed E-state index contributed by atoms with van der Waals surface area (Å²) in [5.41, 5.74) is 0. The normalized spacial score (nSPS) is 14.0. The van der Waals surface area contributed by atoms with E-state index in [4.69, 9.17) is 0 Å². The van der Waals surface area contributed by atoms with Crippen molar-refractivity contribution in [3.05, 3.63) is 0 Å². The van der Waals surface area contributed by atoms with Crippen molar-refractivity contribution in [2.45, 2.75) is 50.9 Å². The third-order valence-electron chi connectivity index (χ3n) is 2.31. The topological polar surface area (TPSA) is 58.2 Å². The lowest BCUT2D eigenvalue weighted by Gasteiger charge is -2.12. The van der Waals surface area contributed by atoms with Gasteiger partial charge in [0.05, 0.1) is 4.83 Å². The van der Waals surface area contributed by atoms with Gasteiger partial charge >= 0.3 is 0 Å². The van der Waals surface area contributed by atoms with Crippen molar-refractivity contribution in [2.24, 2.45) is 0 Å². The molecule has 0 rings (SSSR count). The first-order valence-electron chi connectivity index (χ1n) is 5.72. The molecule has 0 aliphatic heterocycles. The zero-order valence-corrected chi connectivity index (χ0v) is 11.8. The third-order valence-corrected chi connectivity index (χ3v) is 3.38. The second-order valence-electron chi connectivity index (χ2n) is 3.79. The molecule has 2 atom stereocenters. The summed E-state index contributed by atoms with van der Waals surface area (Å²) in [5.74, 6) is -0.0730. The minimum atomic E-state index is -0.162. The van der Waals surface area contributed by atoms with Crippen molar-refractivity contribution in [3.8, 4) is 0 Å². The Morgan fingerprint density at radius 2 is 1.88 bits per heavy atom. The Morgan fingerprint density at radius 3 is 2.38 bits per heavy atom. The van der Waals surface area contributed by atoms with Gasteiger partial charge in [-0.1, -0.05) is 29.8 Å². The van der Waals surface area contributed by atoms with Gasteiger partial charge in [-0.05, 0) is 19.8 Å². The monoisotopic (exact) mass is 292 g/mol. The fourth-order valence-electron chi connectivity index (χ4n) is 1.04. The van der Waals surface area contributed by atoms with E-state index in [2.05, 4.69) is 26.6 Å². The first-order valence-corrected chi connectivity index (χ1v) is 6.63. The van der Waals surface area contributed by atoms with Crippen LogP contribution in [0.1, 0.15) is 40.0 Å². The maximum Gasteiger partial charge on any atom is 0.233 e. The first kappa shape index (κ1) is 15.4. The van der Waals surface area contributed by atoms with Crippen LogP contribution in [0.4, 0.5) is 0 Å². The SMILES string of the molecule is CCC(C)NC(=O)CCNC(=O)C(Br)CC. The first-order chi connectivity index (χ1) is 7.51. The molecule has 5 heteroatoms. The van der Waals surface area contributed by atoms with Crippen molar-refractivity contribution in [2.75, 3.05) is 6.54 Å². The summed E-state index contributed by atoms with van der Waals surface area (Å²) in [6.45, 7) is 6.29. The lowest BCUT2D eigenvalue weighted by Crippen LogP contribution is -2.37. The van der Waals surface area contributed by atoms with E-state index < -0.39 is 0 Å². The second-order valence-corrected chi connectivity index (χ2v) is 4.90. The summed E-state index contributed by atoms with van der Waals surface area (Å²) in [6, 6.07) is 0.197. The minimum absolute atomic E-state index is 0.0164. The second kappa shape index (κ2) is 8.56. The van der Waals surface area contributed by atoms with Crippen molar-refractivity contribution in [1.29, 1.82) is 0 Å². The lowest BCUT2D eigenvalue weighted by molar-refractivity contribution is -0.122. The Labute approximate surface area is 106 Å². The molecule has 4 nitrogen and oxygen atoms in total. The van der Waals surface area contributed by atoms with Crippen molar-refractivity contribution >= 4 is 27.7 Å². The molecule has 2 amide bonds. The maximum absolute atomic E-state index is 11.4. The van der Waals surface area contributed by atoms with E-state index in [1.54, 1.807) is 0 Å². The average molecular weight is 293 g/mol. The molecule has 0 saturated carbocycles. The van der Waals surface area contributed by atoms with Crippen LogP contribution in [0.3, 0.4) is 0 Å². The van der Waals surface area contributed by atoms with Crippen LogP contribution in [0.15, 0.2) is 0 Å². The van der Waals surface area contributed by atoms with Crippen LogP contribution in [-0.4, -0.2) is 29.2 Å². The van der Waals surface area contributed by atoms with Crippen LogP contribution in [0.5, 0.6) is 0 Å². The molecule has 0 saturated heterocycles. The van der Waals surface area contributed by atoms with Crippen molar-refractivity contribution < 1.29 is 9.59 Å². The fraction of sp³-hybridized carbons (Fsp3) is 0.818. The standard InChI is InChI=1S/C11H21BrN2O2/c1-4-8(3)14-10(15)6-7-13-11(16)9(12)5-2/h8-9H,4-7H2,1-3H3,(H,13,16)(H,14,15). The van der Waals surface area contributed by atoms with Crippen LogP contribution in [0.25, 0.3) is 0 Å². The summed E-state index contributed by atoms with van der Waals surface area (Å²) < 4.78 is 0. The Kier molecular flexibility index (Phi) is 8.25. The van der Waals surface area contributed by atoms with Gasteiger partial charge in [-0.15, -0.1) is 0 Å². The lowest BCUT2D eigenvalue weighted by atomic mass is 10.2. The molecule has 2 unspecified atom stereocenters. The summed E-state index contributed by atoms with van der Waals surface area (Å²) in [6.07, 6.45) is 1.99. The number of hydrogen-bond acceptors (Lipinski definition) is 2. The highest BCUT2D eigenvalue weighted by atomic mass is 79.9. The fourth-order valence-corrected chi connectivity index (χ4v) is 1.21. The number of rotatable bonds is 7. The Bertz CT molecular complexity index is 234. The summed E-state index contributed by atoms with van der Waals surface area (Å²) in [5, 5.41) is 5.55. The highest BCUT2D eigenvalue weighted by Crippen LogP contribution is 2.03. The van der Waals surface area contributed by atoms with Gasteiger partial charge in [0.15, 0.2) is 0 Å². The molecule has 2 N–H and O–H groups in total. The summed E-state index contributed by atoms with van der Waals surface area (Å²) in [7, 11) is 0. The van der Waals surface area contributed by atoms with E-state index in [9.17, 15) is 9.59 Å². The van der Waals surface area contributed by atoms with Gasteiger partial charge in [0.25, 0.3) is 0 Å². The molecule has 0 aromatic carbocycles. The largest absolute Gasteiger partial charge is 0.355 e. The van der Waals surface area contributed by atoms with E-state index in [1.165, 1.54) is 0 Å². The van der Waals surface area contributed by atoms with Crippen molar-refractivity contribution in [3.63, 3.8) is 0 Å². The van der Waals surface area contributed by atoms with Gasteiger partial charge in [-0.25, -0.2) is 0 Å². The van der Waals surface area contributed by atoms with Crippen LogP contribution in [0, 0.1) is 0 Å². The van der Waals surface area contributed by atoms with Crippen LogP contribution >= 0.6 is 15.9 Å². The number of carbonyl (C=O) groups is 2. The predicted molar refractivity (Wildman–Crippen MR) is 68.5 cm³/mol. The number of hydrogen-bond donors (Lipinski definition) is 2. The Morgan fingerprint density at radius 1 is 1.25 bits per heavy atom. The highest BCUT2D eigenvalue weighted by Gasteiger charge is 2.12. The Balaban J connectivity index is 3.66. The van der Waals surface area contributed by atoms with Crippen LogP contribution in [0.2, 0.25) is 0 Å². The van der Waals surface area contributed by atoms with Crippen molar-refractivity contribution in [1.82, 2.24) is 10.6 Å². The molecule has 0 aromatic rings.